The summed E-state index contributed by atoms with van der Waals surface area (Å²) in [5.74, 6) is -1.14. The van der Waals surface area contributed by atoms with E-state index in [4.69, 9.17) is 5.11 Å². The molecule has 2 N–H and O–H groups in total. The topological polar surface area (TPSA) is 83.5 Å². The van der Waals surface area contributed by atoms with Gasteiger partial charge in [0.2, 0.25) is 0 Å². The second-order valence-electron chi connectivity index (χ2n) is 5.15. The number of benzene rings is 1. The number of carboxylic acid groups (broad SMARTS) is 1. The van der Waals surface area contributed by atoms with Crippen LogP contribution in [-0.2, 0) is 14.6 Å². The molecule has 0 bridgehead atoms. The minimum atomic E-state index is -3.85. The van der Waals surface area contributed by atoms with Gasteiger partial charge in [0.1, 0.15) is 0 Å². The molecule has 0 saturated heterocycles. The quantitative estimate of drug-likeness (QED) is 0.865. The molecule has 1 aliphatic rings. The molecule has 0 radical (unpaired) electrons. The summed E-state index contributed by atoms with van der Waals surface area (Å²) < 4.78 is 24.8. The van der Waals surface area contributed by atoms with E-state index in [2.05, 4.69) is 5.32 Å². The summed E-state index contributed by atoms with van der Waals surface area (Å²) in [4.78, 5) is 11.3. The third kappa shape index (κ3) is 2.20. The van der Waals surface area contributed by atoms with E-state index in [1.54, 1.807) is 19.1 Å². The lowest BCUT2D eigenvalue weighted by Crippen LogP contribution is -2.46. The van der Waals surface area contributed by atoms with Gasteiger partial charge in [-0.3, -0.25) is 4.79 Å². The van der Waals surface area contributed by atoms with Gasteiger partial charge in [-0.15, -0.1) is 0 Å². The van der Waals surface area contributed by atoms with Crippen molar-refractivity contribution >= 4 is 21.5 Å². The minimum absolute atomic E-state index is 0.0872. The number of hydrogen-bond donors (Lipinski definition) is 2. The largest absolute Gasteiger partial charge is 0.480 e. The number of hydrogen-bond acceptors (Lipinski definition) is 4. The molecule has 0 saturated carbocycles. The Balaban J connectivity index is 2.64. The maximum atomic E-state index is 12.4. The number of fused-ring (bicyclic) bond motifs is 1. The van der Waals surface area contributed by atoms with Crippen molar-refractivity contribution in [1.29, 1.82) is 0 Å². The number of carboxylic acids is 1. The van der Waals surface area contributed by atoms with Crippen LogP contribution < -0.4 is 5.32 Å². The van der Waals surface area contributed by atoms with Gasteiger partial charge >= 0.3 is 5.97 Å². The van der Waals surface area contributed by atoms with Crippen molar-refractivity contribution in [1.82, 2.24) is 0 Å². The molecule has 19 heavy (non-hydrogen) atoms. The Morgan fingerprint density at radius 1 is 1.37 bits per heavy atom. The third-order valence-corrected chi connectivity index (χ3v) is 5.62. The smallest absolute Gasteiger partial charge is 0.324 e. The molecule has 5 nitrogen and oxygen atoms in total. The first kappa shape index (κ1) is 13.9. The fraction of sp³-hybridized carbons (Fsp3) is 0.462. The molecule has 0 spiro atoms. The molecule has 2 atom stereocenters. The number of nitrogens with one attached hydrogen (secondary N) is 1. The summed E-state index contributed by atoms with van der Waals surface area (Å²) >= 11 is 0. The van der Waals surface area contributed by atoms with Gasteiger partial charge in [0.25, 0.3) is 0 Å². The Morgan fingerprint density at radius 3 is 2.53 bits per heavy atom. The minimum Gasteiger partial charge on any atom is -0.480 e. The average Bonchev–Trinajstić information content (AvgIpc) is 2.26. The molecule has 2 unspecified atom stereocenters. The predicted molar refractivity (Wildman–Crippen MR) is 72.2 cm³/mol. The lowest BCUT2D eigenvalue weighted by Gasteiger charge is -2.30. The van der Waals surface area contributed by atoms with Crippen LogP contribution in [0.3, 0.4) is 0 Å². The summed E-state index contributed by atoms with van der Waals surface area (Å²) in [6.45, 7) is 5.49. The Morgan fingerprint density at radius 2 is 2.00 bits per heavy atom. The molecular formula is C13H17NO4S. The Hall–Kier alpha value is -1.56. The Kier molecular flexibility index (Phi) is 3.30. The maximum absolute atomic E-state index is 12.4. The molecular weight excluding hydrogens is 266 g/mol. The lowest BCUT2D eigenvalue weighted by molar-refractivity contribution is -0.136. The van der Waals surface area contributed by atoms with Gasteiger partial charge in [-0.05, 0) is 30.5 Å². The molecule has 104 valence electrons. The van der Waals surface area contributed by atoms with E-state index in [-0.39, 0.29) is 10.8 Å². The van der Waals surface area contributed by atoms with E-state index in [0.717, 1.165) is 5.56 Å². The fourth-order valence-corrected chi connectivity index (χ4v) is 4.20. The zero-order chi connectivity index (χ0) is 14.4. The van der Waals surface area contributed by atoms with Crippen LogP contribution in [0.15, 0.2) is 23.1 Å². The van der Waals surface area contributed by atoms with Gasteiger partial charge in [0.05, 0.1) is 16.6 Å². The molecule has 1 heterocycles. The predicted octanol–water partition coefficient (Wildman–Crippen LogP) is 1.85. The standard InChI is InChI=1S/C13H17NO4S/c1-7(2)9-4-5-10-11(6-9)19(17,18)12(13(15)16)8(3)14-10/h4-8,12,14H,1-3H3,(H,15,16). The van der Waals surface area contributed by atoms with Gasteiger partial charge in [-0.1, -0.05) is 19.9 Å². The van der Waals surface area contributed by atoms with E-state index in [0.29, 0.717) is 5.69 Å². The molecule has 1 aromatic rings. The summed E-state index contributed by atoms with van der Waals surface area (Å²) in [5.41, 5.74) is 1.36. The van der Waals surface area contributed by atoms with Crippen molar-refractivity contribution < 1.29 is 18.3 Å². The molecule has 1 aliphatic heterocycles. The van der Waals surface area contributed by atoms with Crippen LogP contribution in [0.25, 0.3) is 0 Å². The zero-order valence-corrected chi connectivity index (χ0v) is 11.9. The molecule has 0 amide bonds. The van der Waals surface area contributed by atoms with Crippen LogP contribution in [0, 0.1) is 0 Å². The number of sulfone groups is 1. The van der Waals surface area contributed by atoms with Gasteiger partial charge < -0.3 is 10.4 Å². The highest BCUT2D eigenvalue weighted by Gasteiger charge is 2.43. The first-order valence-corrected chi connectivity index (χ1v) is 7.67. The average molecular weight is 283 g/mol. The highest BCUT2D eigenvalue weighted by atomic mass is 32.2. The number of aliphatic carboxylic acids is 1. The van der Waals surface area contributed by atoms with Crippen molar-refractivity contribution in [2.45, 2.75) is 42.9 Å². The molecule has 6 heteroatoms. The second-order valence-corrected chi connectivity index (χ2v) is 7.18. The monoisotopic (exact) mass is 283 g/mol. The van der Waals surface area contributed by atoms with Gasteiger partial charge in [-0.2, -0.15) is 0 Å². The van der Waals surface area contributed by atoms with Crippen LogP contribution >= 0.6 is 0 Å². The van der Waals surface area contributed by atoms with Crippen molar-refractivity contribution in [3.05, 3.63) is 23.8 Å². The highest BCUT2D eigenvalue weighted by Crippen LogP contribution is 2.34. The fourth-order valence-electron chi connectivity index (χ4n) is 2.33. The third-order valence-electron chi connectivity index (χ3n) is 3.39. The van der Waals surface area contributed by atoms with E-state index >= 15 is 0 Å². The van der Waals surface area contributed by atoms with Gasteiger partial charge in [0.15, 0.2) is 15.1 Å². The Labute approximate surface area is 112 Å². The molecule has 0 fully saturated rings. The van der Waals surface area contributed by atoms with E-state index in [9.17, 15) is 13.2 Å². The second kappa shape index (κ2) is 4.52. The molecule has 2 rings (SSSR count). The summed E-state index contributed by atoms with van der Waals surface area (Å²) in [5, 5.41) is 10.6. The van der Waals surface area contributed by atoms with Crippen LogP contribution in [0.1, 0.15) is 32.3 Å². The van der Waals surface area contributed by atoms with E-state index in [1.165, 1.54) is 0 Å². The molecule has 0 aromatic heterocycles. The van der Waals surface area contributed by atoms with Crippen molar-refractivity contribution in [3.63, 3.8) is 0 Å². The van der Waals surface area contributed by atoms with E-state index in [1.807, 2.05) is 19.9 Å². The van der Waals surface area contributed by atoms with Gasteiger partial charge in [-0.25, -0.2) is 8.42 Å². The van der Waals surface area contributed by atoms with Crippen LogP contribution in [-0.4, -0.2) is 30.8 Å². The van der Waals surface area contributed by atoms with E-state index < -0.39 is 27.1 Å². The summed E-state index contributed by atoms with van der Waals surface area (Å²) in [6, 6.07) is 4.49. The first-order chi connectivity index (χ1) is 8.75. The molecule has 1 aromatic carbocycles. The summed E-state index contributed by atoms with van der Waals surface area (Å²) in [6.07, 6.45) is 0. The SMILES string of the molecule is CC(C)c1ccc2c(c1)S(=O)(=O)C(C(=O)O)C(C)N2. The van der Waals surface area contributed by atoms with Crippen LogP contribution in [0.5, 0.6) is 0 Å². The normalized spacial score (nSPS) is 24.6. The maximum Gasteiger partial charge on any atom is 0.324 e. The highest BCUT2D eigenvalue weighted by molar-refractivity contribution is 7.93. The van der Waals surface area contributed by atoms with Gasteiger partial charge in [0, 0.05) is 0 Å². The Bertz CT molecular complexity index is 622. The van der Waals surface area contributed by atoms with Crippen molar-refractivity contribution in [2.24, 2.45) is 0 Å². The molecule has 0 aliphatic carbocycles. The zero-order valence-electron chi connectivity index (χ0n) is 11.0. The number of rotatable bonds is 2. The lowest BCUT2D eigenvalue weighted by atomic mass is 10.0. The first-order valence-electron chi connectivity index (χ1n) is 6.12. The summed E-state index contributed by atoms with van der Waals surface area (Å²) in [7, 11) is -3.85. The van der Waals surface area contributed by atoms with Crippen molar-refractivity contribution in [2.75, 3.05) is 5.32 Å². The van der Waals surface area contributed by atoms with Crippen LogP contribution in [0.4, 0.5) is 5.69 Å². The number of carbonyl (C=O) groups is 1. The van der Waals surface area contributed by atoms with Crippen LogP contribution in [0.2, 0.25) is 0 Å². The number of anilines is 1. The van der Waals surface area contributed by atoms with Crippen molar-refractivity contribution in [3.8, 4) is 0 Å².